The Kier molecular flexibility index (Phi) is 7.05. The molecule has 7 nitrogen and oxygen atoms in total. The van der Waals surface area contributed by atoms with Gasteiger partial charge in [0.05, 0.1) is 34.0 Å². The number of methoxy groups -OCH3 is 4. The van der Waals surface area contributed by atoms with E-state index in [1.54, 1.807) is 49.6 Å². The number of amides is 1. The first kappa shape index (κ1) is 20.1. The van der Waals surface area contributed by atoms with Crippen LogP contribution in [0.1, 0.15) is 15.9 Å². The summed E-state index contributed by atoms with van der Waals surface area (Å²) in [5.41, 5.74) is 1.12. The fraction of sp³-hybridized carbons (Fsp3) is 0.300. The molecule has 2 rings (SSSR count). The Morgan fingerprint density at radius 2 is 1.56 bits per heavy atom. The molecule has 0 spiro atoms. The third kappa shape index (κ3) is 4.91. The Bertz CT molecular complexity index is 805. The molecule has 0 aromatic heterocycles. The molecule has 0 unspecified atom stereocenters. The third-order valence-electron chi connectivity index (χ3n) is 4.03. The zero-order valence-corrected chi connectivity index (χ0v) is 15.8. The van der Waals surface area contributed by atoms with Gasteiger partial charge in [-0.2, -0.15) is 0 Å². The number of ether oxygens (including phenoxy) is 4. The van der Waals surface area contributed by atoms with E-state index >= 15 is 0 Å². The second-order valence-corrected chi connectivity index (χ2v) is 5.64. The van der Waals surface area contributed by atoms with Crippen molar-refractivity contribution in [3.05, 3.63) is 53.6 Å². The van der Waals surface area contributed by atoms with Crippen LogP contribution in [-0.2, 0) is 16.0 Å². The first-order valence-corrected chi connectivity index (χ1v) is 8.26. The van der Waals surface area contributed by atoms with E-state index in [0.29, 0.717) is 22.8 Å². The topological polar surface area (TPSA) is 83.1 Å². The molecule has 0 aliphatic carbocycles. The number of para-hydroxylation sites is 1. The Balaban J connectivity index is 2.23. The summed E-state index contributed by atoms with van der Waals surface area (Å²) in [5.74, 6) is 0.560. The number of carbonyl (C=O) groups excluding carboxylic acids is 2. The van der Waals surface area contributed by atoms with Crippen molar-refractivity contribution in [3.8, 4) is 17.2 Å². The summed E-state index contributed by atoms with van der Waals surface area (Å²) in [6.45, 7) is 0. The van der Waals surface area contributed by atoms with Gasteiger partial charge in [0.2, 0.25) is 0 Å². The van der Waals surface area contributed by atoms with Crippen molar-refractivity contribution in [2.45, 2.75) is 12.5 Å². The molecule has 1 atom stereocenters. The molecule has 2 aromatic rings. The molecule has 0 saturated carbocycles. The minimum Gasteiger partial charge on any atom is -0.496 e. The van der Waals surface area contributed by atoms with Crippen molar-refractivity contribution in [3.63, 3.8) is 0 Å². The summed E-state index contributed by atoms with van der Waals surface area (Å²) in [7, 11) is 5.83. The van der Waals surface area contributed by atoms with E-state index in [-0.39, 0.29) is 6.42 Å². The molecule has 0 fully saturated rings. The van der Waals surface area contributed by atoms with Crippen LogP contribution in [-0.4, -0.2) is 46.4 Å². The lowest BCUT2D eigenvalue weighted by Crippen LogP contribution is -2.43. The first-order chi connectivity index (χ1) is 13.0. The molecule has 0 saturated heterocycles. The zero-order valence-electron chi connectivity index (χ0n) is 15.8. The summed E-state index contributed by atoms with van der Waals surface area (Å²) >= 11 is 0. The molecule has 0 heterocycles. The Morgan fingerprint density at radius 3 is 2.19 bits per heavy atom. The van der Waals surface area contributed by atoms with E-state index in [9.17, 15) is 9.59 Å². The normalized spacial score (nSPS) is 11.3. The maximum atomic E-state index is 12.6. The molecule has 0 aliphatic heterocycles. The lowest BCUT2D eigenvalue weighted by Gasteiger charge is -2.18. The van der Waals surface area contributed by atoms with Gasteiger partial charge in [-0.15, -0.1) is 0 Å². The number of rotatable bonds is 8. The van der Waals surface area contributed by atoms with Crippen molar-refractivity contribution in [1.82, 2.24) is 5.32 Å². The highest BCUT2D eigenvalue weighted by molar-refractivity contribution is 5.99. The molecule has 1 N–H and O–H groups in total. The highest BCUT2D eigenvalue weighted by atomic mass is 16.5. The minimum absolute atomic E-state index is 0.230. The summed E-state index contributed by atoms with van der Waals surface area (Å²) in [6, 6.07) is 11.2. The van der Waals surface area contributed by atoms with Crippen molar-refractivity contribution in [2.24, 2.45) is 0 Å². The van der Waals surface area contributed by atoms with Crippen LogP contribution in [0.25, 0.3) is 0 Å². The number of carbonyl (C=O) groups is 2. The van der Waals surface area contributed by atoms with Gasteiger partial charge in [0.1, 0.15) is 11.8 Å². The van der Waals surface area contributed by atoms with Gasteiger partial charge in [-0.1, -0.05) is 18.2 Å². The second-order valence-electron chi connectivity index (χ2n) is 5.64. The fourth-order valence-corrected chi connectivity index (χ4v) is 2.65. The van der Waals surface area contributed by atoms with Gasteiger partial charge in [0, 0.05) is 6.42 Å². The summed E-state index contributed by atoms with van der Waals surface area (Å²) in [5, 5.41) is 2.71. The average molecular weight is 373 g/mol. The largest absolute Gasteiger partial charge is 0.496 e. The number of nitrogens with one attached hydrogen (secondary N) is 1. The van der Waals surface area contributed by atoms with E-state index in [0.717, 1.165) is 5.56 Å². The second kappa shape index (κ2) is 9.47. The van der Waals surface area contributed by atoms with Gasteiger partial charge >= 0.3 is 5.97 Å². The van der Waals surface area contributed by atoms with E-state index in [4.69, 9.17) is 18.9 Å². The van der Waals surface area contributed by atoms with Crippen LogP contribution in [0.4, 0.5) is 0 Å². The average Bonchev–Trinajstić information content (AvgIpc) is 2.72. The van der Waals surface area contributed by atoms with E-state index in [1.165, 1.54) is 21.3 Å². The Morgan fingerprint density at radius 1 is 0.889 bits per heavy atom. The van der Waals surface area contributed by atoms with E-state index < -0.39 is 17.9 Å². The number of benzene rings is 2. The first-order valence-electron chi connectivity index (χ1n) is 8.26. The standard InChI is InChI=1S/C20H23NO6/c1-24-16-8-6-5-7-14(16)19(22)21-15(20(23)27-4)11-13-9-10-17(25-2)18(12-13)26-3/h5-10,12,15H,11H2,1-4H3,(H,21,22)/t15-/m1/s1. The third-order valence-corrected chi connectivity index (χ3v) is 4.03. The van der Waals surface area contributed by atoms with Crippen LogP contribution >= 0.6 is 0 Å². The Labute approximate surface area is 158 Å². The van der Waals surface area contributed by atoms with E-state index in [1.807, 2.05) is 0 Å². The van der Waals surface area contributed by atoms with Crippen LogP contribution in [0.15, 0.2) is 42.5 Å². The van der Waals surface area contributed by atoms with Gasteiger partial charge in [0.25, 0.3) is 5.91 Å². The molecule has 7 heteroatoms. The SMILES string of the molecule is COC(=O)[C@@H](Cc1ccc(OC)c(OC)c1)NC(=O)c1ccccc1OC. The zero-order chi connectivity index (χ0) is 19.8. The van der Waals surface area contributed by atoms with Gasteiger partial charge in [-0.25, -0.2) is 4.79 Å². The lowest BCUT2D eigenvalue weighted by molar-refractivity contribution is -0.142. The molecular formula is C20H23NO6. The lowest BCUT2D eigenvalue weighted by atomic mass is 10.0. The number of hydrogen-bond acceptors (Lipinski definition) is 6. The maximum absolute atomic E-state index is 12.6. The van der Waals surface area contributed by atoms with Crippen molar-refractivity contribution in [2.75, 3.05) is 28.4 Å². The molecule has 1 amide bonds. The summed E-state index contributed by atoms with van der Waals surface area (Å²) in [6.07, 6.45) is 0.230. The molecular weight excluding hydrogens is 350 g/mol. The monoisotopic (exact) mass is 373 g/mol. The van der Waals surface area contributed by atoms with Gasteiger partial charge < -0.3 is 24.3 Å². The predicted molar refractivity (Wildman–Crippen MR) is 99.5 cm³/mol. The smallest absolute Gasteiger partial charge is 0.328 e. The van der Waals surface area contributed by atoms with Gasteiger partial charge in [0.15, 0.2) is 11.5 Å². The van der Waals surface area contributed by atoms with Crippen LogP contribution in [0.2, 0.25) is 0 Å². The van der Waals surface area contributed by atoms with Crippen molar-refractivity contribution >= 4 is 11.9 Å². The van der Waals surface area contributed by atoms with Crippen LogP contribution in [0.3, 0.4) is 0 Å². The van der Waals surface area contributed by atoms with Gasteiger partial charge in [-0.05, 0) is 29.8 Å². The highest BCUT2D eigenvalue weighted by Crippen LogP contribution is 2.28. The van der Waals surface area contributed by atoms with Crippen LogP contribution in [0, 0.1) is 0 Å². The Hall–Kier alpha value is -3.22. The molecule has 0 radical (unpaired) electrons. The summed E-state index contributed by atoms with van der Waals surface area (Å²) in [4.78, 5) is 24.8. The maximum Gasteiger partial charge on any atom is 0.328 e. The van der Waals surface area contributed by atoms with E-state index in [2.05, 4.69) is 5.32 Å². The fourth-order valence-electron chi connectivity index (χ4n) is 2.65. The quantitative estimate of drug-likeness (QED) is 0.715. The summed E-state index contributed by atoms with van der Waals surface area (Å²) < 4.78 is 20.5. The predicted octanol–water partition coefficient (Wildman–Crippen LogP) is 2.23. The van der Waals surface area contributed by atoms with Crippen LogP contribution < -0.4 is 19.5 Å². The number of hydrogen-bond donors (Lipinski definition) is 1. The minimum atomic E-state index is -0.870. The van der Waals surface area contributed by atoms with Crippen molar-refractivity contribution in [1.29, 1.82) is 0 Å². The molecule has 144 valence electrons. The molecule has 27 heavy (non-hydrogen) atoms. The molecule has 0 aliphatic rings. The van der Waals surface area contributed by atoms with Crippen LogP contribution in [0.5, 0.6) is 17.2 Å². The highest BCUT2D eigenvalue weighted by Gasteiger charge is 2.24. The molecule has 0 bridgehead atoms. The van der Waals surface area contributed by atoms with Crippen molar-refractivity contribution < 1.29 is 28.5 Å². The molecule has 2 aromatic carbocycles. The number of esters is 1. The van der Waals surface area contributed by atoms with Gasteiger partial charge in [-0.3, -0.25) is 4.79 Å².